The largest absolute Gasteiger partial charge is 0.397 e. The number of nitrogens with one attached hydrogen (secondary N) is 1. The van der Waals surface area contributed by atoms with Crippen LogP contribution in [0.15, 0.2) is 48.5 Å². The molecule has 0 bridgehead atoms. The first-order chi connectivity index (χ1) is 9.63. The number of nitrogen functional groups attached to an aromatic ring is 1. The summed E-state index contributed by atoms with van der Waals surface area (Å²) in [6, 6.07) is 14.1. The van der Waals surface area contributed by atoms with E-state index in [-0.39, 0.29) is 5.82 Å². The third-order valence-corrected chi connectivity index (χ3v) is 3.14. The third-order valence-electron chi connectivity index (χ3n) is 3.14. The second-order valence-corrected chi connectivity index (χ2v) is 4.69. The third kappa shape index (κ3) is 2.28. The fourth-order valence-electron chi connectivity index (χ4n) is 2.13. The van der Waals surface area contributed by atoms with E-state index in [9.17, 15) is 4.39 Å². The van der Waals surface area contributed by atoms with Crippen LogP contribution in [-0.4, -0.2) is 4.98 Å². The fourth-order valence-corrected chi connectivity index (χ4v) is 2.13. The maximum absolute atomic E-state index is 13.3. The number of rotatable bonds is 2. The molecule has 4 heteroatoms. The van der Waals surface area contributed by atoms with E-state index < -0.39 is 0 Å². The normalized spacial score (nSPS) is 10.7. The van der Waals surface area contributed by atoms with E-state index >= 15 is 0 Å². The average Bonchev–Trinajstić information content (AvgIpc) is 2.43. The summed E-state index contributed by atoms with van der Waals surface area (Å²) >= 11 is 0. The Hall–Kier alpha value is -2.62. The summed E-state index contributed by atoms with van der Waals surface area (Å²) in [6.07, 6.45) is 0. The van der Waals surface area contributed by atoms with Crippen molar-refractivity contribution < 1.29 is 4.39 Å². The topological polar surface area (TPSA) is 50.9 Å². The lowest BCUT2D eigenvalue weighted by Crippen LogP contribution is -1.98. The van der Waals surface area contributed by atoms with Crippen LogP contribution in [0.4, 0.5) is 21.5 Å². The number of para-hydroxylation sites is 1. The lowest BCUT2D eigenvalue weighted by Gasteiger charge is -2.11. The summed E-state index contributed by atoms with van der Waals surface area (Å²) in [5.74, 6) is -0.328. The number of halogens is 1. The number of benzene rings is 2. The highest BCUT2D eigenvalue weighted by Crippen LogP contribution is 2.28. The smallest absolute Gasteiger partial charge is 0.125 e. The molecule has 3 nitrogen and oxygen atoms in total. The van der Waals surface area contributed by atoms with Gasteiger partial charge in [0.2, 0.25) is 0 Å². The maximum atomic E-state index is 13.3. The van der Waals surface area contributed by atoms with E-state index in [0.29, 0.717) is 11.4 Å². The van der Waals surface area contributed by atoms with Gasteiger partial charge in [-0.25, -0.2) is 4.39 Å². The molecule has 0 aliphatic rings. The van der Waals surface area contributed by atoms with Crippen molar-refractivity contribution in [2.45, 2.75) is 6.92 Å². The van der Waals surface area contributed by atoms with Crippen LogP contribution in [-0.2, 0) is 0 Å². The summed E-state index contributed by atoms with van der Waals surface area (Å²) < 4.78 is 13.3. The van der Waals surface area contributed by atoms with Gasteiger partial charge < -0.3 is 11.1 Å². The van der Waals surface area contributed by atoms with Crippen LogP contribution in [0.5, 0.6) is 0 Å². The Morgan fingerprint density at radius 1 is 1.05 bits per heavy atom. The van der Waals surface area contributed by atoms with E-state index in [1.807, 2.05) is 37.3 Å². The van der Waals surface area contributed by atoms with Crippen molar-refractivity contribution in [2.75, 3.05) is 11.1 Å². The van der Waals surface area contributed by atoms with Crippen LogP contribution >= 0.6 is 0 Å². The summed E-state index contributed by atoms with van der Waals surface area (Å²) in [6.45, 7) is 1.94. The van der Waals surface area contributed by atoms with Crippen LogP contribution < -0.4 is 11.1 Å². The first-order valence-electron chi connectivity index (χ1n) is 6.32. The Labute approximate surface area is 116 Å². The maximum Gasteiger partial charge on any atom is 0.125 e. The molecular weight excluding hydrogens is 253 g/mol. The Bertz CT molecular complexity index is 784. The lowest BCUT2D eigenvalue weighted by molar-refractivity contribution is 0.628. The van der Waals surface area contributed by atoms with Gasteiger partial charge >= 0.3 is 0 Å². The number of nitrogens with two attached hydrogens (primary N) is 1. The number of pyridine rings is 1. The molecule has 2 aromatic carbocycles. The Morgan fingerprint density at radius 2 is 1.90 bits per heavy atom. The zero-order valence-electron chi connectivity index (χ0n) is 11.0. The SMILES string of the molecule is Cc1ccc2cccc(Nc3cc(F)ccc3N)c2n1. The molecule has 100 valence electrons. The number of fused-ring (bicyclic) bond motifs is 1. The zero-order valence-corrected chi connectivity index (χ0v) is 11.0. The van der Waals surface area contributed by atoms with Gasteiger partial charge in [-0.2, -0.15) is 0 Å². The first-order valence-corrected chi connectivity index (χ1v) is 6.32. The van der Waals surface area contributed by atoms with Crippen molar-refractivity contribution in [3.05, 3.63) is 60.0 Å². The molecule has 0 aliphatic carbocycles. The number of anilines is 3. The molecule has 1 heterocycles. The minimum Gasteiger partial charge on any atom is -0.397 e. The van der Waals surface area contributed by atoms with Crippen molar-refractivity contribution in [1.82, 2.24) is 4.98 Å². The van der Waals surface area contributed by atoms with E-state index in [2.05, 4.69) is 10.3 Å². The van der Waals surface area contributed by atoms with Crippen molar-refractivity contribution in [3.63, 3.8) is 0 Å². The molecule has 0 fully saturated rings. The molecular formula is C16H14FN3. The van der Waals surface area contributed by atoms with Crippen molar-refractivity contribution in [1.29, 1.82) is 0 Å². The van der Waals surface area contributed by atoms with E-state index in [0.717, 1.165) is 22.3 Å². The molecule has 0 saturated heterocycles. The van der Waals surface area contributed by atoms with Crippen LogP contribution in [0.25, 0.3) is 10.9 Å². The second kappa shape index (κ2) is 4.81. The Balaban J connectivity index is 2.10. The highest BCUT2D eigenvalue weighted by molar-refractivity contribution is 5.93. The van der Waals surface area contributed by atoms with Crippen LogP contribution in [0.1, 0.15) is 5.69 Å². The summed E-state index contributed by atoms with van der Waals surface area (Å²) in [5, 5.41) is 4.18. The molecule has 0 amide bonds. The molecule has 3 N–H and O–H groups in total. The van der Waals surface area contributed by atoms with Gasteiger partial charge in [-0.05, 0) is 37.3 Å². The molecule has 0 spiro atoms. The first kappa shape index (κ1) is 12.4. The monoisotopic (exact) mass is 267 g/mol. The van der Waals surface area contributed by atoms with Gasteiger partial charge in [0.15, 0.2) is 0 Å². The molecule has 20 heavy (non-hydrogen) atoms. The van der Waals surface area contributed by atoms with Crippen LogP contribution in [0.3, 0.4) is 0 Å². The van der Waals surface area contributed by atoms with Gasteiger partial charge in [-0.3, -0.25) is 4.98 Å². The van der Waals surface area contributed by atoms with Gasteiger partial charge in [0.1, 0.15) is 5.82 Å². The van der Waals surface area contributed by atoms with Crippen molar-refractivity contribution >= 4 is 28.0 Å². The summed E-state index contributed by atoms with van der Waals surface area (Å²) in [5.41, 5.74) is 9.48. The predicted octanol–water partition coefficient (Wildman–Crippen LogP) is 4.01. The number of aryl methyl sites for hydroxylation is 1. The van der Waals surface area contributed by atoms with E-state index in [4.69, 9.17) is 5.73 Å². The highest BCUT2D eigenvalue weighted by atomic mass is 19.1. The number of aromatic nitrogens is 1. The van der Waals surface area contributed by atoms with Crippen LogP contribution in [0.2, 0.25) is 0 Å². The second-order valence-electron chi connectivity index (χ2n) is 4.69. The average molecular weight is 267 g/mol. The molecule has 0 atom stereocenters. The number of hydrogen-bond donors (Lipinski definition) is 2. The summed E-state index contributed by atoms with van der Waals surface area (Å²) in [4.78, 5) is 4.53. The standard InChI is InChI=1S/C16H14FN3/c1-10-5-6-11-3-2-4-14(16(11)19-10)20-15-9-12(17)7-8-13(15)18/h2-9,20H,18H2,1H3. The lowest BCUT2D eigenvalue weighted by atomic mass is 10.1. The zero-order chi connectivity index (χ0) is 14.1. The predicted molar refractivity (Wildman–Crippen MR) is 80.6 cm³/mol. The minimum absolute atomic E-state index is 0.328. The molecule has 0 radical (unpaired) electrons. The van der Waals surface area contributed by atoms with E-state index in [1.165, 1.54) is 12.1 Å². The molecule has 3 aromatic rings. The van der Waals surface area contributed by atoms with Gasteiger partial charge in [0.25, 0.3) is 0 Å². The van der Waals surface area contributed by atoms with Crippen molar-refractivity contribution in [2.24, 2.45) is 0 Å². The van der Waals surface area contributed by atoms with Crippen LogP contribution in [0, 0.1) is 12.7 Å². The Morgan fingerprint density at radius 3 is 2.75 bits per heavy atom. The quantitative estimate of drug-likeness (QED) is 0.690. The molecule has 0 saturated carbocycles. The fraction of sp³-hybridized carbons (Fsp3) is 0.0625. The van der Waals surface area contributed by atoms with Crippen molar-refractivity contribution in [3.8, 4) is 0 Å². The number of nitrogens with zero attached hydrogens (tertiary/aromatic N) is 1. The molecule has 0 unspecified atom stereocenters. The molecule has 1 aromatic heterocycles. The summed E-state index contributed by atoms with van der Waals surface area (Å²) in [7, 11) is 0. The molecule has 0 aliphatic heterocycles. The molecule has 3 rings (SSSR count). The highest BCUT2D eigenvalue weighted by Gasteiger charge is 2.06. The van der Waals surface area contributed by atoms with E-state index in [1.54, 1.807) is 6.07 Å². The van der Waals surface area contributed by atoms with Gasteiger partial charge in [-0.15, -0.1) is 0 Å². The van der Waals surface area contributed by atoms with Gasteiger partial charge in [0, 0.05) is 11.1 Å². The van der Waals surface area contributed by atoms with Gasteiger partial charge in [-0.1, -0.05) is 18.2 Å². The number of hydrogen-bond acceptors (Lipinski definition) is 3. The van der Waals surface area contributed by atoms with Gasteiger partial charge in [0.05, 0.1) is 22.6 Å². The minimum atomic E-state index is -0.328. The Kier molecular flexibility index (Phi) is 2.99.